The fourth-order valence-corrected chi connectivity index (χ4v) is 3.02. The minimum atomic E-state index is -1.15. The molecule has 1 aromatic heterocycles. The molecule has 0 spiro atoms. The van der Waals surface area contributed by atoms with Crippen LogP contribution in [0.15, 0.2) is 22.8 Å². The molecule has 0 aromatic carbocycles. The molecule has 1 saturated heterocycles. The quantitative estimate of drug-likeness (QED) is 0.856. The van der Waals surface area contributed by atoms with Crippen LogP contribution in [-0.4, -0.2) is 28.6 Å². The molecule has 0 radical (unpaired) electrons. The van der Waals surface area contributed by atoms with Crippen molar-refractivity contribution in [3.63, 3.8) is 0 Å². The zero-order valence-electron chi connectivity index (χ0n) is 9.81. The van der Waals surface area contributed by atoms with Crippen LogP contribution in [0.2, 0.25) is 0 Å². The zero-order chi connectivity index (χ0) is 12.3. The van der Waals surface area contributed by atoms with Gasteiger partial charge in [0.15, 0.2) is 0 Å². The molecule has 2 heterocycles. The average molecular weight is 255 g/mol. The number of rotatable bonds is 4. The second-order valence-electron chi connectivity index (χ2n) is 4.47. The van der Waals surface area contributed by atoms with Crippen LogP contribution in [0.4, 0.5) is 0 Å². The van der Waals surface area contributed by atoms with E-state index in [1.54, 1.807) is 30.8 Å². The third kappa shape index (κ3) is 3.04. The Labute approximate surface area is 105 Å². The van der Waals surface area contributed by atoms with Gasteiger partial charge in [0.2, 0.25) is 5.91 Å². The van der Waals surface area contributed by atoms with Gasteiger partial charge in [-0.2, -0.15) is 0 Å². The number of carbonyl (C=O) groups excluding carboxylic acids is 1. The van der Waals surface area contributed by atoms with Gasteiger partial charge in [-0.25, -0.2) is 0 Å². The Morgan fingerprint density at radius 1 is 1.76 bits per heavy atom. The Morgan fingerprint density at radius 2 is 2.59 bits per heavy atom. The summed E-state index contributed by atoms with van der Waals surface area (Å²) < 4.78 is 5.15. The van der Waals surface area contributed by atoms with Crippen LogP contribution < -0.4 is 5.32 Å². The topological polar surface area (TPSA) is 62.5 Å². The van der Waals surface area contributed by atoms with Crippen molar-refractivity contribution < 1.29 is 14.3 Å². The molecular formula is C12H17NO3S. The highest BCUT2D eigenvalue weighted by Gasteiger charge is 2.29. The first-order valence-corrected chi connectivity index (χ1v) is 6.80. The molecule has 1 aromatic rings. The van der Waals surface area contributed by atoms with Gasteiger partial charge in [-0.15, -0.1) is 11.8 Å². The lowest BCUT2D eigenvalue weighted by Gasteiger charge is -2.22. The van der Waals surface area contributed by atoms with Crippen molar-refractivity contribution in [1.29, 1.82) is 0 Å². The summed E-state index contributed by atoms with van der Waals surface area (Å²) in [6.07, 6.45) is 3.54. The second-order valence-corrected chi connectivity index (χ2v) is 5.78. The maximum atomic E-state index is 11.8. The zero-order valence-corrected chi connectivity index (χ0v) is 10.6. The van der Waals surface area contributed by atoms with E-state index in [9.17, 15) is 9.90 Å². The Balaban J connectivity index is 1.87. The molecule has 17 heavy (non-hydrogen) atoms. The summed E-state index contributed by atoms with van der Waals surface area (Å²) in [5.41, 5.74) is -1.15. The smallest absolute Gasteiger partial charge is 0.233 e. The number of thioether (sulfide) groups is 1. The van der Waals surface area contributed by atoms with Crippen molar-refractivity contribution in [3.05, 3.63) is 24.2 Å². The first-order valence-electron chi connectivity index (χ1n) is 5.75. The van der Waals surface area contributed by atoms with E-state index in [0.29, 0.717) is 5.76 Å². The van der Waals surface area contributed by atoms with E-state index in [2.05, 4.69) is 5.32 Å². The Morgan fingerprint density at radius 3 is 3.18 bits per heavy atom. The average Bonchev–Trinajstić information content (AvgIpc) is 2.97. The summed E-state index contributed by atoms with van der Waals surface area (Å²) in [6.45, 7) is 1.81. The number of amides is 1. The van der Waals surface area contributed by atoms with Crippen LogP contribution in [0, 0.1) is 0 Å². The van der Waals surface area contributed by atoms with Gasteiger partial charge >= 0.3 is 0 Å². The molecule has 2 unspecified atom stereocenters. The summed E-state index contributed by atoms with van der Waals surface area (Å²) in [7, 11) is 0. The molecule has 2 atom stereocenters. The monoisotopic (exact) mass is 255 g/mol. The lowest BCUT2D eigenvalue weighted by Crippen LogP contribution is -2.41. The first kappa shape index (κ1) is 12.5. The maximum absolute atomic E-state index is 11.8. The van der Waals surface area contributed by atoms with Gasteiger partial charge < -0.3 is 14.8 Å². The number of carbonyl (C=O) groups is 1. The normalized spacial score (nSPS) is 23.3. The molecule has 2 rings (SSSR count). The van der Waals surface area contributed by atoms with E-state index in [4.69, 9.17) is 4.42 Å². The summed E-state index contributed by atoms with van der Waals surface area (Å²) >= 11 is 1.68. The Bertz CT molecular complexity index is 369. The second kappa shape index (κ2) is 5.14. The summed E-state index contributed by atoms with van der Waals surface area (Å²) in [6, 6.07) is 3.43. The third-order valence-electron chi connectivity index (χ3n) is 2.88. The fraction of sp³-hybridized carbons (Fsp3) is 0.583. The van der Waals surface area contributed by atoms with Crippen LogP contribution in [0.3, 0.4) is 0 Å². The minimum Gasteiger partial charge on any atom is -0.466 e. The van der Waals surface area contributed by atoms with Crippen LogP contribution in [0.25, 0.3) is 0 Å². The van der Waals surface area contributed by atoms with Crippen LogP contribution in [0.5, 0.6) is 0 Å². The first-order chi connectivity index (χ1) is 8.09. The number of hydrogen-bond acceptors (Lipinski definition) is 4. The summed E-state index contributed by atoms with van der Waals surface area (Å²) in [4.78, 5) is 11.8. The molecule has 0 saturated carbocycles. The lowest BCUT2D eigenvalue weighted by molar-refractivity contribution is -0.121. The van der Waals surface area contributed by atoms with Crippen LogP contribution in [-0.2, 0) is 10.4 Å². The van der Waals surface area contributed by atoms with Gasteiger partial charge in [0.1, 0.15) is 11.4 Å². The fourth-order valence-electron chi connectivity index (χ4n) is 1.83. The van der Waals surface area contributed by atoms with Crippen LogP contribution >= 0.6 is 11.8 Å². The maximum Gasteiger partial charge on any atom is 0.233 e. The van der Waals surface area contributed by atoms with Gasteiger partial charge in [-0.1, -0.05) is 0 Å². The molecule has 1 fully saturated rings. The molecule has 94 valence electrons. The van der Waals surface area contributed by atoms with Crippen molar-refractivity contribution in [2.45, 2.75) is 30.6 Å². The SMILES string of the molecule is CC(O)(CNC(=O)C1CCCS1)c1ccco1. The Hall–Kier alpha value is -0.940. The largest absolute Gasteiger partial charge is 0.466 e. The Kier molecular flexibility index (Phi) is 3.79. The minimum absolute atomic E-state index is 0.0133. The molecule has 1 aliphatic heterocycles. The predicted octanol–water partition coefficient (Wildman–Crippen LogP) is 1.50. The third-order valence-corrected chi connectivity index (χ3v) is 4.26. The van der Waals surface area contributed by atoms with E-state index in [1.807, 2.05) is 0 Å². The highest BCUT2D eigenvalue weighted by molar-refractivity contribution is 8.00. The van der Waals surface area contributed by atoms with E-state index < -0.39 is 5.60 Å². The molecule has 4 nitrogen and oxygen atoms in total. The summed E-state index contributed by atoms with van der Waals surface area (Å²) in [5.74, 6) is 1.53. The molecule has 1 amide bonds. The molecule has 1 aliphatic rings. The van der Waals surface area contributed by atoms with E-state index in [-0.39, 0.29) is 17.7 Å². The summed E-state index contributed by atoms with van der Waals surface area (Å²) in [5, 5.41) is 13.0. The molecule has 2 N–H and O–H groups in total. The van der Waals surface area contributed by atoms with Crippen molar-refractivity contribution in [2.75, 3.05) is 12.3 Å². The van der Waals surface area contributed by atoms with Gasteiger partial charge in [0, 0.05) is 0 Å². The number of hydrogen-bond donors (Lipinski definition) is 2. The van der Waals surface area contributed by atoms with E-state index in [1.165, 1.54) is 6.26 Å². The highest BCUT2D eigenvalue weighted by atomic mass is 32.2. The van der Waals surface area contributed by atoms with Gasteiger partial charge in [0.25, 0.3) is 0 Å². The molecule has 0 bridgehead atoms. The number of nitrogens with one attached hydrogen (secondary N) is 1. The van der Waals surface area contributed by atoms with Crippen molar-refractivity contribution in [2.24, 2.45) is 0 Å². The molecular weight excluding hydrogens is 238 g/mol. The van der Waals surface area contributed by atoms with E-state index >= 15 is 0 Å². The highest BCUT2D eigenvalue weighted by Crippen LogP contribution is 2.26. The predicted molar refractivity (Wildman–Crippen MR) is 66.8 cm³/mol. The lowest BCUT2D eigenvalue weighted by atomic mass is 10.0. The van der Waals surface area contributed by atoms with Gasteiger partial charge in [0.05, 0.1) is 18.1 Å². The van der Waals surface area contributed by atoms with Crippen LogP contribution in [0.1, 0.15) is 25.5 Å². The standard InChI is InChI=1S/C12H17NO3S/c1-12(15,10-5-2-6-16-10)8-13-11(14)9-4-3-7-17-9/h2,5-6,9,15H,3-4,7-8H2,1H3,(H,13,14). The van der Waals surface area contributed by atoms with E-state index in [0.717, 1.165) is 18.6 Å². The van der Waals surface area contributed by atoms with Crippen molar-refractivity contribution in [1.82, 2.24) is 5.32 Å². The number of aliphatic hydroxyl groups is 1. The molecule has 5 heteroatoms. The van der Waals surface area contributed by atoms with Crippen molar-refractivity contribution in [3.8, 4) is 0 Å². The molecule has 0 aliphatic carbocycles. The number of furan rings is 1. The van der Waals surface area contributed by atoms with Crippen molar-refractivity contribution >= 4 is 17.7 Å². The van der Waals surface area contributed by atoms with Gasteiger partial charge in [-0.05, 0) is 37.7 Å². The van der Waals surface area contributed by atoms with Gasteiger partial charge in [-0.3, -0.25) is 4.79 Å².